The average molecular weight is 1710 g/mol. The summed E-state index contributed by atoms with van der Waals surface area (Å²) in [5, 5.41) is 33.0. The number of pyridine rings is 5. The second-order valence-electron chi connectivity index (χ2n) is 36.2. The molecular formula is C124H78N10. The van der Waals surface area contributed by atoms with Crippen LogP contribution in [0.15, 0.2) is 438 Å². The van der Waals surface area contributed by atoms with Crippen molar-refractivity contribution in [3.63, 3.8) is 0 Å². The van der Waals surface area contributed by atoms with Crippen LogP contribution in [-0.2, 0) is 5.41 Å². The van der Waals surface area contributed by atoms with Crippen molar-refractivity contribution in [1.29, 1.82) is 0 Å². The van der Waals surface area contributed by atoms with Crippen molar-refractivity contribution in [2.75, 3.05) is 4.90 Å². The zero-order valence-electron chi connectivity index (χ0n) is 73.0. The van der Waals surface area contributed by atoms with Crippen molar-refractivity contribution in [1.82, 2.24) is 43.2 Å². The molecule has 0 saturated carbocycles. The van der Waals surface area contributed by atoms with Crippen LogP contribution in [0.1, 0.15) is 25.0 Å². The van der Waals surface area contributed by atoms with Gasteiger partial charge < -0.3 is 18.3 Å². The third-order valence-electron chi connectivity index (χ3n) is 28.9. The highest BCUT2D eigenvalue weighted by Gasteiger charge is 2.36. The third kappa shape index (κ3) is 11.1. The Labute approximate surface area is 768 Å². The molecule has 0 bridgehead atoms. The summed E-state index contributed by atoms with van der Waals surface area (Å²) in [4.78, 5) is 25.1. The van der Waals surface area contributed by atoms with Gasteiger partial charge in [0, 0.05) is 127 Å². The van der Waals surface area contributed by atoms with E-state index in [1.54, 1.807) is 0 Å². The molecule has 29 aromatic rings. The molecule has 0 N–H and O–H groups in total. The Bertz CT molecular complexity index is 9740. The van der Waals surface area contributed by atoms with Crippen molar-refractivity contribution >= 4 is 201 Å². The minimum atomic E-state index is -0.0294. The van der Waals surface area contributed by atoms with E-state index in [4.69, 9.17) is 0 Å². The lowest BCUT2D eigenvalue weighted by Crippen LogP contribution is -2.14. The highest BCUT2D eigenvalue weighted by molar-refractivity contribution is 6.37. The van der Waals surface area contributed by atoms with Gasteiger partial charge in [-0.3, -0.25) is 19.9 Å². The Morgan fingerprint density at radius 3 is 1.06 bits per heavy atom. The molecule has 0 saturated heterocycles. The number of benzene rings is 20. The first-order chi connectivity index (χ1) is 66.3. The number of rotatable bonds is 9. The van der Waals surface area contributed by atoms with Gasteiger partial charge in [-0.1, -0.05) is 263 Å². The maximum atomic E-state index is 4.64. The van der Waals surface area contributed by atoms with Crippen LogP contribution in [0.4, 0.5) is 17.3 Å². The molecule has 10 heteroatoms. The van der Waals surface area contributed by atoms with Gasteiger partial charge in [-0.05, 0) is 281 Å². The van der Waals surface area contributed by atoms with Gasteiger partial charge in [-0.25, -0.2) is 9.97 Å². The zero-order valence-corrected chi connectivity index (χ0v) is 73.0. The lowest BCUT2D eigenvalue weighted by Gasteiger charge is -2.23. The van der Waals surface area contributed by atoms with E-state index in [0.29, 0.717) is 0 Å². The third-order valence-corrected chi connectivity index (χ3v) is 28.9. The first-order valence-corrected chi connectivity index (χ1v) is 45.9. The molecule has 20 aromatic carbocycles. The second kappa shape index (κ2) is 29.1. The highest BCUT2D eigenvalue weighted by atomic mass is 15.2. The first-order valence-electron chi connectivity index (χ1n) is 45.9. The van der Waals surface area contributed by atoms with Gasteiger partial charge in [0.15, 0.2) is 0 Å². The molecule has 0 spiro atoms. The average Bonchev–Trinajstić information content (AvgIpc) is 1.63. The highest BCUT2D eigenvalue weighted by Crippen LogP contribution is 2.54. The second-order valence-corrected chi connectivity index (χ2v) is 36.2. The number of aromatic nitrogens is 9. The summed E-state index contributed by atoms with van der Waals surface area (Å²) in [5.41, 5.74) is 25.6. The van der Waals surface area contributed by atoms with Crippen molar-refractivity contribution in [2.24, 2.45) is 0 Å². The monoisotopic (exact) mass is 1710 g/mol. The summed E-state index contributed by atoms with van der Waals surface area (Å²) in [5.74, 6) is 1.64. The Kier molecular flexibility index (Phi) is 16.4. The number of anilines is 3. The molecule has 0 fully saturated rings. The topological polar surface area (TPSA) is 87.4 Å². The smallest absolute Gasteiger partial charge is 0.138 e. The fourth-order valence-corrected chi connectivity index (χ4v) is 23.1. The standard InChI is InChI=1S/C43H27N5.C42H28N2.C39H23N3/c1-2-8-31(9-3-1)47-37-22-25-44-27-36(37)43-35-21-15-29-14-19-33(34-20-16-30(26-38(43)47)42(35)41(29)34)28-12-17-32(18-13-28)48(39-10-4-6-23-45-39)40-11-5-7-24-46-40;1-42(2)35-11-7-6-10-30(35)31-17-14-26(22-36(31)42)29-16-12-25-13-19-33-40-27(15-18-32(29)39(25)40)23-38-41(33)34-24-43-21-20-37(34)44(38)28-8-4-3-5-9-28;1-3-10-33-29(8-1)30-9-2-4-11-34(30)41(33)27-15-17-28(18-16-27)42-35-20-21-40-23-32(35)39-31-19-14-25-7-5-6-24-12-13-26(22-36(39)42)38(31)37(24)25/h1-27H;3-24H,1-2H3;1-23H. The van der Waals surface area contributed by atoms with Crippen molar-refractivity contribution in [3.8, 4) is 56.1 Å². The minimum absolute atomic E-state index is 0.0294. The molecule has 1 aliphatic carbocycles. The van der Waals surface area contributed by atoms with E-state index in [2.05, 4.69) is 414 Å². The molecule has 0 atom stereocenters. The van der Waals surface area contributed by atoms with E-state index in [1.165, 1.54) is 212 Å². The Hall–Kier alpha value is -17.7. The van der Waals surface area contributed by atoms with Gasteiger partial charge in [0.05, 0.1) is 44.1 Å². The molecule has 10 nitrogen and oxygen atoms in total. The van der Waals surface area contributed by atoms with E-state index in [-0.39, 0.29) is 5.41 Å². The van der Waals surface area contributed by atoms with Crippen LogP contribution in [0.2, 0.25) is 0 Å². The lowest BCUT2D eigenvalue weighted by atomic mass is 9.81. The SMILES string of the molecule is CC1(C)c2ccccc2-c2ccc(-c3ccc4ccc5c6c(ccc3c46)cc3c5c4cnccc4n3-c3ccccc3)cc21.c1cc2ccc3cc4c(c5ccc(c1)c2c35)c1cnccc1n4-c1ccc(-n2c3ccccc3c3ccccc32)cc1.c1ccc(-n2c3ccncc3c3c4ccc5ccc(-c6ccc(N(c7ccccn7)c7ccccn7)cc6)c6ccc(cc32)c4c56)cc1. The predicted molar refractivity (Wildman–Crippen MR) is 560 cm³/mol. The van der Waals surface area contributed by atoms with Crippen molar-refractivity contribution in [3.05, 3.63) is 449 Å². The summed E-state index contributed by atoms with van der Waals surface area (Å²) in [7, 11) is 0. The van der Waals surface area contributed by atoms with Crippen molar-refractivity contribution < 1.29 is 0 Å². The first kappa shape index (κ1) is 75.3. The molecule has 0 radical (unpaired) electrons. The number of fused-ring (bicyclic) bond motifs is 18. The largest absolute Gasteiger partial charge is 0.309 e. The molecule has 624 valence electrons. The molecule has 0 unspecified atom stereocenters. The van der Waals surface area contributed by atoms with Crippen LogP contribution in [0.3, 0.4) is 0 Å². The Morgan fingerprint density at radius 1 is 0.209 bits per heavy atom. The van der Waals surface area contributed by atoms with Crippen molar-refractivity contribution in [2.45, 2.75) is 19.3 Å². The van der Waals surface area contributed by atoms with E-state index >= 15 is 0 Å². The van der Waals surface area contributed by atoms with E-state index in [1.807, 2.05) is 86.0 Å². The number of nitrogens with zero attached hydrogens (tertiary/aromatic N) is 10. The molecule has 1 aliphatic rings. The van der Waals surface area contributed by atoms with E-state index in [9.17, 15) is 0 Å². The van der Waals surface area contributed by atoms with Gasteiger partial charge in [0.25, 0.3) is 0 Å². The quantitative estimate of drug-likeness (QED) is 0.134. The van der Waals surface area contributed by atoms with Gasteiger partial charge in [-0.2, -0.15) is 0 Å². The van der Waals surface area contributed by atoms with Gasteiger partial charge in [0.2, 0.25) is 0 Å². The number of hydrogen-bond acceptors (Lipinski definition) is 6. The fourth-order valence-electron chi connectivity index (χ4n) is 23.1. The van der Waals surface area contributed by atoms with Crippen LogP contribution >= 0.6 is 0 Å². The van der Waals surface area contributed by atoms with Crippen LogP contribution in [0.5, 0.6) is 0 Å². The minimum Gasteiger partial charge on any atom is -0.309 e. The molecule has 9 aromatic heterocycles. The maximum absolute atomic E-state index is 4.64. The summed E-state index contributed by atoms with van der Waals surface area (Å²) in [6.45, 7) is 4.72. The van der Waals surface area contributed by atoms with Gasteiger partial charge >= 0.3 is 0 Å². The van der Waals surface area contributed by atoms with E-state index in [0.717, 1.165) is 56.5 Å². The van der Waals surface area contributed by atoms with Crippen LogP contribution < -0.4 is 4.90 Å². The molecular weight excluding hydrogens is 1630 g/mol. The summed E-state index contributed by atoms with van der Waals surface area (Å²) in [6.07, 6.45) is 15.4. The summed E-state index contributed by atoms with van der Waals surface area (Å²) in [6, 6.07) is 141. The van der Waals surface area contributed by atoms with Gasteiger partial charge in [0.1, 0.15) is 11.6 Å². The van der Waals surface area contributed by atoms with Gasteiger partial charge in [-0.15, -0.1) is 0 Å². The number of para-hydroxylation sites is 4. The van der Waals surface area contributed by atoms with Crippen LogP contribution in [0, 0.1) is 0 Å². The Morgan fingerprint density at radius 2 is 0.567 bits per heavy atom. The zero-order chi connectivity index (χ0) is 88.1. The van der Waals surface area contributed by atoms with Crippen LogP contribution in [0.25, 0.3) is 240 Å². The lowest BCUT2D eigenvalue weighted by molar-refractivity contribution is 0.660. The molecule has 9 heterocycles. The molecule has 0 aliphatic heterocycles. The number of hydrogen-bond donors (Lipinski definition) is 0. The fraction of sp³-hybridized carbons (Fsp3) is 0.0242. The summed E-state index contributed by atoms with van der Waals surface area (Å²) < 4.78 is 9.52. The van der Waals surface area contributed by atoms with E-state index < -0.39 is 0 Å². The Balaban J connectivity index is 0.000000100. The van der Waals surface area contributed by atoms with Crippen LogP contribution in [-0.4, -0.2) is 43.2 Å². The maximum Gasteiger partial charge on any atom is 0.138 e. The molecule has 134 heavy (non-hydrogen) atoms. The molecule has 0 amide bonds. The molecule has 30 rings (SSSR count). The summed E-state index contributed by atoms with van der Waals surface area (Å²) >= 11 is 0. The predicted octanol–water partition coefficient (Wildman–Crippen LogP) is 32.2. The normalized spacial score (nSPS) is 12.6.